The monoisotopic (exact) mass is 1110 g/mol. The van der Waals surface area contributed by atoms with E-state index in [1.54, 1.807) is 7.11 Å². The van der Waals surface area contributed by atoms with Crippen LogP contribution in [-0.2, 0) is 6.42 Å². The maximum absolute atomic E-state index is 5.78. The van der Waals surface area contributed by atoms with Crippen molar-refractivity contribution in [2.24, 2.45) is 0 Å². The van der Waals surface area contributed by atoms with Crippen LogP contribution in [0.3, 0.4) is 0 Å². The second-order valence-corrected chi connectivity index (χ2v) is 22.1. The van der Waals surface area contributed by atoms with Crippen LogP contribution < -0.4 is 4.74 Å². The van der Waals surface area contributed by atoms with Crippen LogP contribution in [0.15, 0.2) is 194 Å². The minimum Gasteiger partial charge on any atom is -0.497 e. The van der Waals surface area contributed by atoms with E-state index in [0.717, 1.165) is 188 Å². The molecule has 0 radical (unpaired) electrons. The zero-order valence-electron chi connectivity index (χ0n) is 47.8. The highest BCUT2D eigenvalue weighted by Crippen LogP contribution is 2.44. The molecule has 6 aromatic heterocycles. The smallest absolute Gasteiger partial charge is 0.118 e. The fourth-order valence-electron chi connectivity index (χ4n) is 12.6. The summed E-state index contributed by atoms with van der Waals surface area (Å²) < 4.78 is 5.68. The Labute approximate surface area is 498 Å². The van der Waals surface area contributed by atoms with E-state index < -0.39 is 0 Å². The normalized spacial score (nSPS) is 12.3. The third-order valence-electron chi connectivity index (χ3n) is 16.7. The molecular formula is C77H60N8O. The summed E-state index contributed by atoms with van der Waals surface area (Å²) in [7, 11) is 1.70. The molecule has 10 heterocycles. The Morgan fingerprint density at radius 2 is 0.767 bits per heavy atom. The van der Waals surface area contributed by atoms with Crippen LogP contribution in [0.1, 0.15) is 83.7 Å². The van der Waals surface area contributed by atoms with Crippen molar-refractivity contribution in [3.63, 3.8) is 0 Å². The molecule has 0 saturated heterocycles. The van der Waals surface area contributed by atoms with Crippen molar-refractivity contribution in [3.8, 4) is 72.5 Å². The van der Waals surface area contributed by atoms with Gasteiger partial charge < -0.3 is 24.7 Å². The molecule has 9 heteroatoms. The zero-order valence-corrected chi connectivity index (χ0v) is 47.8. The molecule has 4 aliphatic rings. The molecule has 86 heavy (non-hydrogen) atoms. The Kier molecular flexibility index (Phi) is 13.5. The second kappa shape index (κ2) is 22.4. The molecule has 15 rings (SSSR count). The van der Waals surface area contributed by atoms with Crippen LogP contribution in [0.5, 0.6) is 5.75 Å². The van der Waals surface area contributed by atoms with Crippen molar-refractivity contribution in [3.05, 3.63) is 245 Å². The second-order valence-electron chi connectivity index (χ2n) is 22.1. The molecule has 4 N–H and O–H groups in total. The van der Waals surface area contributed by atoms with Gasteiger partial charge in [0.15, 0.2) is 0 Å². The number of nitrogens with zero attached hydrogens (tertiary/aromatic N) is 4. The first-order valence-corrected chi connectivity index (χ1v) is 29.7. The van der Waals surface area contributed by atoms with E-state index in [-0.39, 0.29) is 0 Å². The predicted octanol–water partition coefficient (Wildman–Crippen LogP) is 19.8. The van der Waals surface area contributed by atoms with Crippen molar-refractivity contribution in [2.45, 2.75) is 39.0 Å². The van der Waals surface area contributed by atoms with Crippen LogP contribution in [0.25, 0.3) is 160 Å². The first-order valence-electron chi connectivity index (χ1n) is 29.7. The first-order chi connectivity index (χ1) is 42.5. The number of aromatic nitrogens is 8. The average Bonchev–Trinajstić information content (AvgIpc) is 2.63. The Hall–Kier alpha value is -10.9. The molecule has 414 valence electrons. The lowest BCUT2D eigenvalue weighted by molar-refractivity contribution is 0.415. The SMILES string of the molecule is CCCCCCc1c2nc(c(-c3cc4[nH]c3c(-c3ccccc3)c3nc(c(-c5ccccc5)c5ccc([nH]5)c(-c5ccccc5)c5nc(c4-c4ccccc4)C=C5)C=C3)c3ccc([nH]3)c(-c3ccc(OC)cc3)c3nc(cc4ccc1[nH]4)C=C3)C=C2. The van der Waals surface area contributed by atoms with Gasteiger partial charge in [-0.15, -0.1) is 0 Å². The number of nitrogens with one attached hydrogen (secondary N) is 4. The molecule has 4 aliphatic heterocycles. The first kappa shape index (κ1) is 51.9. The third-order valence-corrected chi connectivity index (χ3v) is 16.7. The molecule has 5 aromatic carbocycles. The van der Waals surface area contributed by atoms with E-state index in [4.69, 9.17) is 24.7 Å². The Morgan fingerprint density at radius 1 is 0.337 bits per heavy atom. The number of ether oxygens (including phenoxy) is 1. The summed E-state index contributed by atoms with van der Waals surface area (Å²) in [5.41, 5.74) is 27.2. The largest absolute Gasteiger partial charge is 0.497 e. The van der Waals surface area contributed by atoms with Crippen molar-refractivity contribution in [2.75, 3.05) is 7.11 Å². The Balaban J connectivity index is 1.14. The van der Waals surface area contributed by atoms with Gasteiger partial charge in [0.25, 0.3) is 0 Å². The number of unbranched alkanes of at least 4 members (excludes halogenated alkanes) is 3. The number of methoxy groups -OCH3 is 1. The fourth-order valence-corrected chi connectivity index (χ4v) is 12.6. The minimum absolute atomic E-state index is 0.777. The van der Waals surface area contributed by atoms with Gasteiger partial charge in [0.1, 0.15) is 5.75 Å². The highest BCUT2D eigenvalue weighted by Gasteiger charge is 2.25. The number of benzene rings is 5. The molecular weight excluding hydrogens is 1050 g/mol. The standard InChI is InChI=1S/C77H60N8O/c1-3-4-5-18-27-56-58-34-30-53(78-58)46-54-31-35-60(79-54)73(52-28-32-55(86-2)33-29-52)65-43-45-69(84-65)76(68-37-36-59(56)80-68)57-47-70-74(50-23-14-8-15-24-50)66-41-40-63(82-66)71(48-19-10-6-11-20-48)61-38-39-62(81-61)72(49-21-12-7-13-22-49)64-42-44-67(83-64)75(77(57)85-70)51-25-16-9-17-26-51/h6-17,19-26,28-47,78,81,84-85H,3-5,18,27H2,1-2H3. The summed E-state index contributed by atoms with van der Waals surface area (Å²) in [6.45, 7) is 2.26. The average molecular weight is 1110 g/mol. The van der Waals surface area contributed by atoms with E-state index in [1.165, 1.54) is 12.0 Å². The van der Waals surface area contributed by atoms with E-state index in [0.29, 0.717) is 0 Å². The van der Waals surface area contributed by atoms with Gasteiger partial charge in [-0.2, -0.15) is 0 Å². The van der Waals surface area contributed by atoms with Gasteiger partial charge in [0, 0.05) is 83.1 Å². The fraction of sp³-hybridized carbons (Fsp3) is 0.0909. The third kappa shape index (κ3) is 9.68. The summed E-state index contributed by atoms with van der Waals surface area (Å²) in [4.78, 5) is 38.4. The number of rotatable bonds is 12. The molecule has 0 aliphatic carbocycles. The van der Waals surface area contributed by atoms with Crippen molar-refractivity contribution in [1.29, 1.82) is 0 Å². The van der Waals surface area contributed by atoms with Gasteiger partial charge >= 0.3 is 0 Å². The van der Waals surface area contributed by atoms with Gasteiger partial charge in [-0.1, -0.05) is 160 Å². The number of aromatic amines is 4. The van der Waals surface area contributed by atoms with E-state index in [2.05, 4.69) is 257 Å². The molecule has 0 unspecified atom stereocenters. The molecule has 0 fully saturated rings. The summed E-state index contributed by atoms with van der Waals surface area (Å²) in [5, 5.41) is 0. The number of H-pyrrole nitrogens is 4. The Morgan fingerprint density at radius 3 is 1.30 bits per heavy atom. The summed E-state index contributed by atoms with van der Waals surface area (Å²) >= 11 is 0. The van der Waals surface area contributed by atoms with Crippen LogP contribution in [0, 0.1) is 0 Å². The maximum atomic E-state index is 5.78. The van der Waals surface area contributed by atoms with Crippen LogP contribution in [-0.4, -0.2) is 47.0 Å². The van der Waals surface area contributed by atoms with Crippen LogP contribution in [0.4, 0.5) is 0 Å². The van der Waals surface area contributed by atoms with Crippen molar-refractivity contribution in [1.82, 2.24) is 39.9 Å². The molecule has 16 bridgehead atoms. The molecule has 0 spiro atoms. The molecule has 0 atom stereocenters. The number of hydrogen-bond acceptors (Lipinski definition) is 5. The highest BCUT2D eigenvalue weighted by atomic mass is 16.5. The summed E-state index contributed by atoms with van der Waals surface area (Å²) in [5.74, 6) is 0.777. The van der Waals surface area contributed by atoms with E-state index in [9.17, 15) is 0 Å². The van der Waals surface area contributed by atoms with Gasteiger partial charge in [0.2, 0.25) is 0 Å². The molecule has 0 amide bonds. The van der Waals surface area contributed by atoms with Crippen molar-refractivity contribution >= 4 is 92.7 Å². The highest BCUT2D eigenvalue weighted by molar-refractivity contribution is 6.08. The minimum atomic E-state index is 0.777. The zero-order chi connectivity index (χ0) is 57.5. The summed E-state index contributed by atoms with van der Waals surface area (Å²) in [6, 6.07) is 68.2. The van der Waals surface area contributed by atoms with Crippen LogP contribution in [0.2, 0.25) is 0 Å². The lowest BCUT2D eigenvalue weighted by Crippen LogP contribution is -1.93. The molecule has 0 saturated carbocycles. The topological polar surface area (TPSA) is 124 Å². The number of fused-ring (bicyclic) bond motifs is 16. The van der Waals surface area contributed by atoms with E-state index in [1.807, 2.05) is 12.1 Å². The van der Waals surface area contributed by atoms with E-state index >= 15 is 0 Å². The lowest BCUT2D eigenvalue weighted by Gasteiger charge is -2.09. The lowest BCUT2D eigenvalue weighted by atomic mass is 9.97. The number of aryl methyl sites for hydroxylation is 1. The molecule has 11 aromatic rings. The molecule has 9 nitrogen and oxygen atoms in total. The van der Waals surface area contributed by atoms with Gasteiger partial charge in [-0.25, -0.2) is 19.9 Å². The quantitative estimate of drug-likeness (QED) is 0.0908. The number of hydrogen-bond donors (Lipinski definition) is 4. The van der Waals surface area contributed by atoms with Crippen LogP contribution >= 0.6 is 0 Å². The van der Waals surface area contributed by atoms with Crippen molar-refractivity contribution < 1.29 is 4.74 Å². The van der Waals surface area contributed by atoms with Gasteiger partial charge in [-0.3, -0.25) is 0 Å². The maximum Gasteiger partial charge on any atom is 0.118 e. The van der Waals surface area contributed by atoms with Gasteiger partial charge in [-0.05, 0) is 150 Å². The van der Waals surface area contributed by atoms with Gasteiger partial charge in [0.05, 0.1) is 58.2 Å². The Bertz CT molecular complexity index is 4920. The predicted molar refractivity (Wildman–Crippen MR) is 358 cm³/mol. The summed E-state index contributed by atoms with van der Waals surface area (Å²) in [6.07, 6.45) is 22.7.